The predicted octanol–water partition coefficient (Wildman–Crippen LogP) is 16.2. The van der Waals surface area contributed by atoms with Gasteiger partial charge in [-0.05, 0) is 89.2 Å². The van der Waals surface area contributed by atoms with Crippen molar-refractivity contribution in [3.8, 4) is 0 Å². The number of unbranched alkanes of at least 4 members (excludes halogenated alkanes) is 18. The van der Waals surface area contributed by atoms with Crippen LogP contribution in [-0.4, -0.2) is 0 Å². The van der Waals surface area contributed by atoms with Crippen molar-refractivity contribution in [2.45, 2.75) is 187 Å². The van der Waals surface area contributed by atoms with E-state index in [1.54, 1.807) is 0 Å². The Labute approximate surface area is 344 Å². The van der Waals surface area contributed by atoms with E-state index in [2.05, 4.69) is 118 Å². The molecule has 0 aliphatic rings. The number of rotatable bonds is 30. The summed E-state index contributed by atoms with van der Waals surface area (Å²) >= 11 is 0. The summed E-state index contributed by atoms with van der Waals surface area (Å²) < 4.78 is 0. The fourth-order valence-electron chi connectivity index (χ4n) is 8.83. The maximum Gasteiger partial charge on any atom is 0.0314 e. The van der Waals surface area contributed by atoms with Gasteiger partial charge in [0, 0.05) is 23.2 Å². The molecule has 0 aromatic heterocycles. The van der Waals surface area contributed by atoms with Gasteiger partial charge in [-0.25, -0.2) is 0 Å². The highest BCUT2D eigenvalue weighted by molar-refractivity contribution is 5.44. The first-order valence-corrected chi connectivity index (χ1v) is 23.3. The Morgan fingerprint density at radius 2 is 0.589 bits per heavy atom. The van der Waals surface area contributed by atoms with Crippen molar-refractivity contribution in [3.63, 3.8) is 0 Å². The molecule has 2 atom stereocenters. The molecule has 56 heavy (non-hydrogen) atoms. The zero-order valence-electron chi connectivity index (χ0n) is 36.1. The smallest absolute Gasteiger partial charge is 0.0314 e. The molecular weight excluding hydrogens is 677 g/mol. The number of benzene rings is 4. The summed E-state index contributed by atoms with van der Waals surface area (Å²) in [6.07, 6.45) is 32.1. The molecule has 4 N–H and O–H groups in total. The Balaban J connectivity index is 1.27. The maximum absolute atomic E-state index is 6.09. The molecule has 0 amide bonds. The van der Waals surface area contributed by atoms with Crippen LogP contribution >= 0.6 is 0 Å². The van der Waals surface area contributed by atoms with Crippen LogP contribution in [0.2, 0.25) is 0 Å². The van der Waals surface area contributed by atoms with Gasteiger partial charge < -0.3 is 11.5 Å². The Morgan fingerprint density at radius 1 is 0.339 bits per heavy atom. The molecule has 2 unspecified atom stereocenters. The van der Waals surface area contributed by atoms with E-state index in [4.69, 9.17) is 11.5 Å². The van der Waals surface area contributed by atoms with E-state index >= 15 is 0 Å². The molecule has 0 saturated heterocycles. The molecule has 0 bridgehead atoms. The van der Waals surface area contributed by atoms with Crippen LogP contribution in [0.3, 0.4) is 0 Å². The van der Waals surface area contributed by atoms with E-state index in [1.165, 1.54) is 175 Å². The molecule has 4 aromatic rings. The van der Waals surface area contributed by atoms with Crippen LogP contribution in [0.25, 0.3) is 0 Å². The van der Waals surface area contributed by atoms with Crippen molar-refractivity contribution < 1.29 is 0 Å². The zero-order chi connectivity index (χ0) is 39.6. The Bertz CT molecular complexity index is 1420. The predicted molar refractivity (Wildman–Crippen MR) is 248 cm³/mol. The molecule has 4 rings (SSSR count). The fourth-order valence-corrected chi connectivity index (χ4v) is 8.83. The Morgan fingerprint density at radius 3 is 0.875 bits per heavy atom. The lowest BCUT2D eigenvalue weighted by atomic mass is 9.85. The van der Waals surface area contributed by atoms with Crippen molar-refractivity contribution in [1.82, 2.24) is 0 Å². The van der Waals surface area contributed by atoms with E-state index in [1.807, 2.05) is 0 Å². The lowest BCUT2D eigenvalue weighted by Crippen LogP contribution is -2.06. The van der Waals surface area contributed by atoms with Crippen molar-refractivity contribution in [2.75, 3.05) is 11.5 Å². The van der Waals surface area contributed by atoms with Crippen molar-refractivity contribution >= 4 is 11.4 Å². The van der Waals surface area contributed by atoms with Crippen LogP contribution in [-0.2, 0) is 12.8 Å². The molecule has 0 aliphatic carbocycles. The van der Waals surface area contributed by atoms with Crippen LogP contribution in [0.1, 0.15) is 207 Å². The molecule has 2 nitrogen and oxygen atoms in total. The number of hydrogen-bond acceptors (Lipinski definition) is 2. The number of anilines is 2. The van der Waals surface area contributed by atoms with Gasteiger partial charge in [-0.1, -0.05) is 222 Å². The second kappa shape index (κ2) is 27.2. The van der Waals surface area contributed by atoms with Crippen molar-refractivity contribution in [3.05, 3.63) is 130 Å². The first-order chi connectivity index (χ1) is 27.5. The van der Waals surface area contributed by atoms with E-state index in [0.717, 1.165) is 24.2 Å². The zero-order valence-corrected chi connectivity index (χ0v) is 36.1. The van der Waals surface area contributed by atoms with Gasteiger partial charge in [0.25, 0.3) is 0 Å². The van der Waals surface area contributed by atoms with Gasteiger partial charge in [0.1, 0.15) is 0 Å². The number of nitrogen functional groups attached to an aromatic ring is 2. The minimum atomic E-state index is 0.428. The third-order valence-electron chi connectivity index (χ3n) is 12.3. The lowest BCUT2D eigenvalue weighted by molar-refractivity contribution is 0.540. The SMILES string of the molecule is CCCCCCCCCCCCC(c1ccc(N)cc1)c1ccc(CC(C)Cc2ccc(C(CCCCCCCCCCCC)c3ccc(N)cc3)cc2)cc1. The molecule has 306 valence electrons. The molecule has 4 aromatic carbocycles. The summed E-state index contributed by atoms with van der Waals surface area (Å²) in [5.41, 5.74) is 22.4. The summed E-state index contributed by atoms with van der Waals surface area (Å²) in [6.45, 7) is 7.00. The van der Waals surface area contributed by atoms with Crippen LogP contribution < -0.4 is 11.5 Å². The third-order valence-corrected chi connectivity index (χ3v) is 12.3. The highest BCUT2D eigenvalue weighted by Crippen LogP contribution is 2.33. The largest absolute Gasteiger partial charge is 0.399 e. The summed E-state index contributed by atoms with van der Waals surface area (Å²) in [4.78, 5) is 0. The van der Waals surface area contributed by atoms with Crippen LogP contribution in [0, 0.1) is 5.92 Å². The Kier molecular flexibility index (Phi) is 21.9. The summed E-state index contributed by atoms with van der Waals surface area (Å²) in [7, 11) is 0. The topological polar surface area (TPSA) is 52.0 Å². The normalized spacial score (nSPS) is 13.1. The van der Waals surface area contributed by atoms with Crippen molar-refractivity contribution in [1.29, 1.82) is 0 Å². The standard InChI is InChI=1S/C54H80N2/c1-4-6-8-10-12-14-16-18-20-22-24-53(49-34-38-51(55)39-35-49)47-30-26-45(27-31-47)42-44(3)43-46-28-32-48(33-29-46)54(50-36-40-52(56)41-37-50)25-23-21-19-17-15-13-11-9-7-5-2/h26-41,44,53-54H,4-25,42-43,55-56H2,1-3H3. The Hall–Kier alpha value is -3.52. The van der Waals surface area contributed by atoms with Gasteiger partial charge in [0.15, 0.2) is 0 Å². The van der Waals surface area contributed by atoms with E-state index < -0.39 is 0 Å². The third kappa shape index (κ3) is 17.3. The number of nitrogens with two attached hydrogens (primary N) is 2. The summed E-state index contributed by atoms with van der Waals surface area (Å²) in [5.74, 6) is 1.43. The molecule has 0 fully saturated rings. The average molecular weight is 757 g/mol. The first-order valence-electron chi connectivity index (χ1n) is 23.3. The van der Waals surface area contributed by atoms with Crippen LogP contribution in [0.15, 0.2) is 97.1 Å². The lowest BCUT2D eigenvalue weighted by Gasteiger charge is -2.20. The van der Waals surface area contributed by atoms with Crippen LogP contribution in [0.4, 0.5) is 11.4 Å². The molecule has 2 heteroatoms. The minimum absolute atomic E-state index is 0.428. The van der Waals surface area contributed by atoms with E-state index in [9.17, 15) is 0 Å². The van der Waals surface area contributed by atoms with Gasteiger partial charge in [-0.2, -0.15) is 0 Å². The number of hydrogen-bond donors (Lipinski definition) is 2. The highest BCUT2D eigenvalue weighted by Gasteiger charge is 2.17. The van der Waals surface area contributed by atoms with Crippen LogP contribution in [0.5, 0.6) is 0 Å². The van der Waals surface area contributed by atoms with Crippen molar-refractivity contribution in [2.24, 2.45) is 5.92 Å². The minimum Gasteiger partial charge on any atom is -0.399 e. The first kappa shape index (κ1) is 45.2. The van der Waals surface area contributed by atoms with Gasteiger partial charge in [-0.3, -0.25) is 0 Å². The monoisotopic (exact) mass is 757 g/mol. The average Bonchev–Trinajstić information content (AvgIpc) is 3.21. The summed E-state index contributed by atoms with van der Waals surface area (Å²) in [5, 5.41) is 0. The van der Waals surface area contributed by atoms with E-state index in [0.29, 0.717) is 17.8 Å². The highest BCUT2D eigenvalue weighted by atomic mass is 14.5. The molecule has 0 heterocycles. The second-order valence-electron chi connectivity index (χ2n) is 17.4. The van der Waals surface area contributed by atoms with Gasteiger partial charge in [0.2, 0.25) is 0 Å². The second-order valence-corrected chi connectivity index (χ2v) is 17.4. The molecular formula is C54H80N2. The van der Waals surface area contributed by atoms with E-state index in [-0.39, 0.29) is 0 Å². The molecule has 0 saturated carbocycles. The van der Waals surface area contributed by atoms with Gasteiger partial charge in [0.05, 0.1) is 0 Å². The molecule has 0 aliphatic heterocycles. The molecule has 0 radical (unpaired) electrons. The quantitative estimate of drug-likeness (QED) is 0.0411. The fraction of sp³-hybridized carbons (Fsp3) is 0.556. The van der Waals surface area contributed by atoms with Gasteiger partial charge >= 0.3 is 0 Å². The maximum atomic E-state index is 6.09. The van der Waals surface area contributed by atoms with Gasteiger partial charge in [-0.15, -0.1) is 0 Å². The summed E-state index contributed by atoms with van der Waals surface area (Å²) in [6, 6.07) is 36.4. The molecule has 0 spiro atoms.